The minimum Gasteiger partial charge on any atom is -0.496 e. The Morgan fingerprint density at radius 2 is 1.76 bits per heavy atom. The predicted molar refractivity (Wildman–Crippen MR) is 85.7 cm³/mol. The lowest BCUT2D eigenvalue weighted by molar-refractivity contribution is -0.0206. The van der Waals surface area contributed by atoms with E-state index in [1.807, 2.05) is 18.2 Å². The van der Waals surface area contributed by atoms with Crippen molar-refractivity contribution in [2.75, 3.05) is 7.11 Å². The highest BCUT2D eigenvalue weighted by atomic mass is 35.5. The fourth-order valence-corrected chi connectivity index (χ4v) is 5.69. The van der Waals surface area contributed by atoms with E-state index < -0.39 is 0 Å². The van der Waals surface area contributed by atoms with Crippen molar-refractivity contribution in [3.8, 4) is 5.75 Å². The molecule has 114 valence electrons. The molecule has 0 spiro atoms. The molecule has 0 heterocycles. The second kappa shape index (κ2) is 5.17. The van der Waals surface area contributed by atoms with Crippen LogP contribution in [0.15, 0.2) is 18.2 Å². The van der Waals surface area contributed by atoms with Crippen LogP contribution in [0.25, 0.3) is 0 Å². The second-order valence-corrected chi connectivity index (χ2v) is 7.94. The van der Waals surface area contributed by atoms with Gasteiger partial charge in [0, 0.05) is 22.7 Å². The maximum Gasteiger partial charge on any atom is 0.123 e. The first-order valence-corrected chi connectivity index (χ1v) is 8.61. The average molecular weight is 306 g/mol. The molecule has 4 aliphatic rings. The highest BCUT2D eigenvalue weighted by molar-refractivity contribution is 6.30. The Hall–Kier alpha value is -0.730. The SMILES string of the molecule is COc1ccc(Cl)cc1CNC12CC3CC(CC(C3)C1)C2. The zero-order valence-electron chi connectivity index (χ0n) is 12.7. The smallest absolute Gasteiger partial charge is 0.123 e. The summed E-state index contributed by atoms with van der Waals surface area (Å²) >= 11 is 6.15. The van der Waals surface area contributed by atoms with Gasteiger partial charge in [0.2, 0.25) is 0 Å². The molecule has 4 aliphatic carbocycles. The second-order valence-electron chi connectivity index (χ2n) is 7.51. The fraction of sp³-hybridized carbons (Fsp3) is 0.667. The van der Waals surface area contributed by atoms with E-state index in [4.69, 9.17) is 16.3 Å². The molecule has 0 saturated heterocycles. The van der Waals surface area contributed by atoms with Gasteiger partial charge < -0.3 is 10.1 Å². The number of ether oxygens (including phenoxy) is 1. The quantitative estimate of drug-likeness (QED) is 0.890. The van der Waals surface area contributed by atoms with Crippen LogP contribution in [-0.4, -0.2) is 12.6 Å². The molecule has 0 amide bonds. The van der Waals surface area contributed by atoms with E-state index in [9.17, 15) is 0 Å². The molecule has 1 aromatic carbocycles. The van der Waals surface area contributed by atoms with Crippen molar-refractivity contribution in [2.45, 2.75) is 50.6 Å². The number of methoxy groups -OCH3 is 1. The maximum atomic E-state index is 6.15. The molecule has 0 aliphatic heterocycles. The van der Waals surface area contributed by atoms with Gasteiger partial charge in [-0.15, -0.1) is 0 Å². The Kier molecular flexibility index (Phi) is 3.42. The van der Waals surface area contributed by atoms with Crippen LogP contribution >= 0.6 is 11.6 Å². The van der Waals surface area contributed by atoms with E-state index in [1.165, 1.54) is 44.1 Å². The van der Waals surface area contributed by atoms with Crippen molar-refractivity contribution >= 4 is 11.6 Å². The molecular formula is C18H24ClNO. The molecule has 4 fully saturated rings. The van der Waals surface area contributed by atoms with Crippen molar-refractivity contribution in [3.63, 3.8) is 0 Å². The summed E-state index contributed by atoms with van der Waals surface area (Å²) in [5.74, 6) is 3.87. The van der Waals surface area contributed by atoms with Gasteiger partial charge in [0.25, 0.3) is 0 Å². The van der Waals surface area contributed by atoms with Gasteiger partial charge in [0.15, 0.2) is 0 Å². The summed E-state index contributed by atoms with van der Waals surface area (Å²) in [5.41, 5.74) is 1.57. The molecule has 4 saturated carbocycles. The minimum absolute atomic E-state index is 0.391. The third-order valence-electron chi connectivity index (χ3n) is 5.93. The summed E-state index contributed by atoms with van der Waals surface area (Å²) in [6.45, 7) is 0.871. The van der Waals surface area contributed by atoms with Gasteiger partial charge in [-0.3, -0.25) is 0 Å². The molecule has 5 rings (SSSR count). The van der Waals surface area contributed by atoms with Crippen LogP contribution < -0.4 is 10.1 Å². The third kappa shape index (κ3) is 2.57. The molecule has 4 bridgehead atoms. The number of hydrogen-bond donors (Lipinski definition) is 1. The molecule has 0 radical (unpaired) electrons. The van der Waals surface area contributed by atoms with Gasteiger partial charge >= 0.3 is 0 Å². The van der Waals surface area contributed by atoms with Crippen LogP contribution in [-0.2, 0) is 6.54 Å². The molecule has 0 aromatic heterocycles. The molecule has 21 heavy (non-hydrogen) atoms. The van der Waals surface area contributed by atoms with Crippen molar-refractivity contribution in [3.05, 3.63) is 28.8 Å². The zero-order chi connectivity index (χ0) is 14.4. The van der Waals surface area contributed by atoms with Crippen LogP contribution in [0.5, 0.6) is 5.75 Å². The molecule has 2 nitrogen and oxygen atoms in total. The lowest BCUT2D eigenvalue weighted by Crippen LogP contribution is -2.58. The van der Waals surface area contributed by atoms with Crippen molar-refractivity contribution in [1.82, 2.24) is 5.32 Å². The summed E-state index contributed by atoms with van der Waals surface area (Å²) in [7, 11) is 1.73. The monoisotopic (exact) mass is 305 g/mol. The average Bonchev–Trinajstić information content (AvgIpc) is 2.44. The normalized spacial score (nSPS) is 37.0. The summed E-state index contributed by atoms with van der Waals surface area (Å²) < 4.78 is 5.47. The third-order valence-corrected chi connectivity index (χ3v) is 6.17. The maximum absolute atomic E-state index is 6.15. The topological polar surface area (TPSA) is 21.3 Å². The van der Waals surface area contributed by atoms with Gasteiger partial charge in [0.05, 0.1) is 7.11 Å². The molecule has 0 unspecified atom stereocenters. The van der Waals surface area contributed by atoms with Gasteiger partial charge in [-0.05, 0) is 74.5 Å². The molecule has 0 atom stereocenters. The molecule has 1 aromatic rings. The van der Waals surface area contributed by atoms with E-state index in [0.717, 1.165) is 35.1 Å². The first kappa shape index (κ1) is 13.9. The summed E-state index contributed by atoms with van der Waals surface area (Å²) in [5, 5.41) is 4.70. The van der Waals surface area contributed by atoms with Crippen LogP contribution in [0.2, 0.25) is 5.02 Å². The van der Waals surface area contributed by atoms with E-state index >= 15 is 0 Å². The lowest BCUT2D eigenvalue weighted by Gasteiger charge is -2.57. The van der Waals surface area contributed by atoms with Gasteiger partial charge in [-0.1, -0.05) is 11.6 Å². The summed E-state index contributed by atoms with van der Waals surface area (Å²) in [4.78, 5) is 0. The van der Waals surface area contributed by atoms with Gasteiger partial charge in [-0.2, -0.15) is 0 Å². The van der Waals surface area contributed by atoms with Crippen LogP contribution in [0.3, 0.4) is 0 Å². The van der Waals surface area contributed by atoms with E-state index in [1.54, 1.807) is 7.11 Å². The Morgan fingerprint density at radius 1 is 1.14 bits per heavy atom. The van der Waals surface area contributed by atoms with Crippen molar-refractivity contribution in [2.24, 2.45) is 17.8 Å². The number of benzene rings is 1. The van der Waals surface area contributed by atoms with Crippen LogP contribution in [0.4, 0.5) is 0 Å². The molecule has 3 heteroatoms. The summed E-state index contributed by atoms with van der Waals surface area (Å²) in [6.07, 6.45) is 8.59. The lowest BCUT2D eigenvalue weighted by atomic mass is 9.53. The molecule has 1 N–H and O–H groups in total. The van der Waals surface area contributed by atoms with Crippen LogP contribution in [0, 0.1) is 17.8 Å². The Bertz CT molecular complexity index is 507. The highest BCUT2D eigenvalue weighted by Gasteiger charge is 2.50. The zero-order valence-corrected chi connectivity index (χ0v) is 13.5. The Morgan fingerprint density at radius 3 is 2.33 bits per heavy atom. The fourth-order valence-electron chi connectivity index (χ4n) is 5.50. The van der Waals surface area contributed by atoms with E-state index in [-0.39, 0.29) is 0 Å². The number of halogens is 1. The number of nitrogens with one attached hydrogen (secondary N) is 1. The van der Waals surface area contributed by atoms with Crippen LogP contribution in [0.1, 0.15) is 44.1 Å². The van der Waals surface area contributed by atoms with E-state index in [0.29, 0.717) is 5.54 Å². The summed E-state index contributed by atoms with van der Waals surface area (Å²) in [6, 6.07) is 5.90. The number of hydrogen-bond acceptors (Lipinski definition) is 2. The first-order valence-electron chi connectivity index (χ1n) is 8.23. The molecular weight excluding hydrogens is 282 g/mol. The predicted octanol–water partition coefficient (Wildman–Crippen LogP) is 4.41. The minimum atomic E-state index is 0.391. The standard InChI is InChI=1S/C18H24ClNO/c1-21-17-3-2-16(19)7-15(17)11-20-18-8-12-4-13(9-18)6-14(5-12)10-18/h2-3,7,12-14,20H,4-6,8-11H2,1H3. The largest absolute Gasteiger partial charge is 0.496 e. The van der Waals surface area contributed by atoms with Gasteiger partial charge in [-0.25, -0.2) is 0 Å². The van der Waals surface area contributed by atoms with Gasteiger partial charge in [0.1, 0.15) is 5.75 Å². The van der Waals surface area contributed by atoms with E-state index in [2.05, 4.69) is 5.32 Å². The number of rotatable bonds is 4. The first-order chi connectivity index (χ1) is 10.2. The van der Waals surface area contributed by atoms with Crippen molar-refractivity contribution in [1.29, 1.82) is 0 Å². The highest BCUT2D eigenvalue weighted by Crippen LogP contribution is 2.55. The Labute approximate surface area is 132 Å². The Balaban J connectivity index is 1.51. The van der Waals surface area contributed by atoms with Crippen molar-refractivity contribution < 1.29 is 4.74 Å².